The highest BCUT2D eigenvalue weighted by Gasteiger charge is 2.29. The molecule has 3 nitrogen and oxygen atoms in total. The molecule has 1 saturated heterocycles. The van der Waals surface area contributed by atoms with Crippen LogP contribution in [0.2, 0.25) is 5.02 Å². The van der Waals surface area contributed by atoms with Crippen molar-refractivity contribution in [2.45, 2.75) is 25.3 Å². The lowest BCUT2D eigenvalue weighted by Gasteiger charge is -2.35. The van der Waals surface area contributed by atoms with Crippen LogP contribution in [0.5, 0.6) is 0 Å². The largest absolute Gasteiger partial charge is 0.347 e. The van der Waals surface area contributed by atoms with E-state index in [2.05, 4.69) is 10.6 Å². The number of hydrogen-bond donors (Lipinski definition) is 2. The van der Waals surface area contributed by atoms with Gasteiger partial charge in [-0.1, -0.05) is 11.6 Å². The summed E-state index contributed by atoms with van der Waals surface area (Å²) in [5.41, 5.74) is -0.279. The molecule has 1 aliphatic rings. The van der Waals surface area contributed by atoms with E-state index in [0.717, 1.165) is 25.9 Å². The lowest BCUT2D eigenvalue weighted by Crippen LogP contribution is -2.52. The van der Waals surface area contributed by atoms with Crippen LogP contribution >= 0.6 is 24.0 Å². The van der Waals surface area contributed by atoms with Crippen molar-refractivity contribution in [2.75, 3.05) is 13.1 Å². The zero-order valence-corrected chi connectivity index (χ0v) is 12.2. The van der Waals surface area contributed by atoms with Crippen LogP contribution in [0.4, 0.5) is 4.39 Å². The molecular weight excluding hydrogens is 290 g/mol. The number of benzene rings is 1. The van der Waals surface area contributed by atoms with Crippen molar-refractivity contribution in [3.05, 3.63) is 34.6 Å². The van der Waals surface area contributed by atoms with Gasteiger partial charge in [-0.2, -0.15) is 0 Å². The average molecular weight is 307 g/mol. The Bertz CT molecular complexity index is 462. The van der Waals surface area contributed by atoms with E-state index in [4.69, 9.17) is 11.6 Å². The summed E-state index contributed by atoms with van der Waals surface area (Å²) >= 11 is 5.78. The third kappa shape index (κ3) is 4.06. The normalized spacial score (nSPS) is 17.4. The minimum absolute atomic E-state index is 0. The number of nitrogens with one attached hydrogen (secondary N) is 2. The van der Waals surface area contributed by atoms with E-state index in [1.165, 1.54) is 18.2 Å². The number of amides is 1. The zero-order valence-electron chi connectivity index (χ0n) is 10.6. The molecule has 19 heavy (non-hydrogen) atoms. The second-order valence-electron chi connectivity index (χ2n) is 4.89. The Morgan fingerprint density at radius 1 is 1.42 bits per heavy atom. The van der Waals surface area contributed by atoms with Crippen LogP contribution in [0, 0.1) is 5.82 Å². The first-order chi connectivity index (χ1) is 8.50. The zero-order chi connectivity index (χ0) is 13.2. The molecule has 0 spiro atoms. The van der Waals surface area contributed by atoms with E-state index >= 15 is 0 Å². The Labute approximate surface area is 123 Å². The number of carbonyl (C=O) groups is 1. The number of carbonyl (C=O) groups excluding carboxylic acids is 1. The average Bonchev–Trinajstić information content (AvgIpc) is 2.32. The summed E-state index contributed by atoms with van der Waals surface area (Å²) in [5.74, 6) is -0.950. The molecule has 0 unspecified atom stereocenters. The van der Waals surface area contributed by atoms with Gasteiger partial charge in [-0.3, -0.25) is 4.79 Å². The van der Waals surface area contributed by atoms with Crippen molar-refractivity contribution in [3.8, 4) is 0 Å². The standard InChI is InChI=1S/C13H16ClFN2O.ClH/c1-13(4-6-16-7-5-13)17-12(18)10-8-9(14)2-3-11(10)15;/h2-3,8,16H,4-7H2,1H3,(H,17,18);1H. The van der Waals surface area contributed by atoms with Crippen molar-refractivity contribution < 1.29 is 9.18 Å². The van der Waals surface area contributed by atoms with E-state index in [0.29, 0.717) is 5.02 Å². The quantitative estimate of drug-likeness (QED) is 0.882. The van der Waals surface area contributed by atoms with Crippen molar-refractivity contribution in [3.63, 3.8) is 0 Å². The lowest BCUT2D eigenvalue weighted by molar-refractivity contribution is 0.0883. The highest BCUT2D eigenvalue weighted by Crippen LogP contribution is 2.20. The predicted octanol–water partition coefficient (Wildman–Crippen LogP) is 2.77. The Morgan fingerprint density at radius 3 is 2.68 bits per heavy atom. The molecule has 106 valence electrons. The molecule has 1 amide bonds. The number of rotatable bonds is 2. The van der Waals surface area contributed by atoms with Gasteiger partial charge in [-0.25, -0.2) is 4.39 Å². The van der Waals surface area contributed by atoms with Crippen LogP contribution in [0.1, 0.15) is 30.1 Å². The fourth-order valence-electron chi connectivity index (χ4n) is 2.12. The Hall–Kier alpha value is -0.840. The number of halogens is 3. The van der Waals surface area contributed by atoms with E-state index < -0.39 is 11.7 Å². The molecule has 1 aromatic carbocycles. The summed E-state index contributed by atoms with van der Waals surface area (Å²) in [6.45, 7) is 3.69. The molecule has 1 heterocycles. The topological polar surface area (TPSA) is 41.1 Å². The molecule has 0 bridgehead atoms. The first-order valence-electron chi connectivity index (χ1n) is 5.98. The SMILES string of the molecule is CC1(NC(=O)c2cc(Cl)ccc2F)CCNCC1.Cl. The fourth-order valence-corrected chi connectivity index (χ4v) is 2.29. The van der Waals surface area contributed by atoms with Crippen molar-refractivity contribution in [2.24, 2.45) is 0 Å². The molecule has 2 N–H and O–H groups in total. The molecule has 0 saturated carbocycles. The Morgan fingerprint density at radius 2 is 2.05 bits per heavy atom. The van der Waals surface area contributed by atoms with Gasteiger partial charge in [0.1, 0.15) is 5.82 Å². The van der Waals surface area contributed by atoms with E-state index in [-0.39, 0.29) is 23.5 Å². The van der Waals surface area contributed by atoms with Crippen LogP contribution in [0.25, 0.3) is 0 Å². The first kappa shape index (κ1) is 16.2. The van der Waals surface area contributed by atoms with Gasteiger partial charge in [0, 0.05) is 10.6 Å². The van der Waals surface area contributed by atoms with Gasteiger partial charge >= 0.3 is 0 Å². The maximum Gasteiger partial charge on any atom is 0.254 e. The third-order valence-corrected chi connectivity index (χ3v) is 3.53. The van der Waals surface area contributed by atoms with Gasteiger partial charge in [-0.05, 0) is 51.1 Å². The van der Waals surface area contributed by atoms with Crippen molar-refractivity contribution >= 4 is 29.9 Å². The van der Waals surface area contributed by atoms with Gasteiger partial charge in [0.05, 0.1) is 5.56 Å². The summed E-state index contributed by atoms with van der Waals surface area (Å²) in [6, 6.07) is 4.00. The summed E-state index contributed by atoms with van der Waals surface area (Å²) in [4.78, 5) is 12.1. The molecule has 0 aromatic heterocycles. The van der Waals surface area contributed by atoms with Crippen molar-refractivity contribution in [1.29, 1.82) is 0 Å². The Kier molecular flexibility index (Phi) is 5.59. The number of hydrogen-bond acceptors (Lipinski definition) is 2. The van der Waals surface area contributed by atoms with Crippen LogP contribution in [0.3, 0.4) is 0 Å². The first-order valence-corrected chi connectivity index (χ1v) is 6.36. The van der Waals surface area contributed by atoms with Gasteiger partial charge in [-0.15, -0.1) is 12.4 Å². The molecule has 0 atom stereocenters. The van der Waals surface area contributed by atoms with Crippen LogP contribution in [-0.2, 0) is 0 Å². The maximum atomic E-state index is 13.6. The summed E-state index contributed by atoms with van der Waals surface area (Å²) in [6.07, 6.45) is 1.67. The maximum absolute atomic E-state index is 13.6. The van der Waals surface area contributed by atoms with Crippen LogP contribution < -0.4 is 10.6 Å². The highest BCUT2D eigenvalue weighted by atomic mass is 35.5. The molecule has 6 heteroatoms. The lowest BCUT2D eigenvalue weighted by atomic mass is 9.90. The second kappa shape index (κ2) is 6.55. The predicted molar refractivity (Wildman–Crippen MR) is 76.6 cm³/mol. The Balaban J connectivity index is 0.00000180. The van der Waals surface area contributed by atoms with E-state index in [1.54, 1.807) is 0 Å². The van der Waals surface area contributed by atoms with Gasteiger partial charge in [0.25, 0.3) is 5.91 Å². The molecule has 1 aliphatic heterocycles. The highest BCUT2D eigenvalue weighted by molar-refractivity contribution is 6.31. The molecule has 0 radical (unpaired) electrons. The second-order valence-corrected chi connectivity index (χ2v) is 5.33. The van der Waals surface area contributed by atoms with Gasteiger partial charge in [0.2, 0.25) is 0 Å². The van der Waals surface area contributed by atoms with Crippen molar-refractivity contribution in [1.82, 2.24) is 10.6 Å². The van der Waals surface area contributed by atoms with Gasteiger partial charge in [0.15, 0.2) is 0 Å². The van der Waals surface area contributed by atoms with E-state index in [9.17, 15) is 9.18 Å². The minimum atomic E-state index is -0.547. The molecular formula is C13H17Cl2FN2O. The molecule has 1 aromatic rings. The van der Waals surface area contributed by atoms with Crippen LogP contribution in [0.15, 0.2) is 18.2 Å². The fraction of sp³-hybridized carbons (Fsp3) is 0.462. The number of piperidine rings is 1. The monoisotopic (exact) mass is 306 g/mol. The summed E-state index contributed by atoms with van der Waals surface area (Å²) in [7, 11) is 0. The van der Waals surface area contributed by atoms with Gasteiger partial charge < -0.3 is 10.6 Å². The minimum Gasteiger partial charge on any atom is -0.347 e. The summed E-state index contributed by atoms with van der Waals surface area (Å²) < 4.78 is 13.6. The van der Waals surface area contributed by atoms with Crippen LogP contribution in [-0.4, -0.2) is 24.5 Å². The summed E-state index contributed by atoms with van der Waals surface area (Å²) in [5, 5.41) is 6.49. The molecule has 0 aliphatic carbocycles. The third-order valence-electron chi connectivity index (χ3n) is 3.30. The van der Waals surface area contributed by atoms with E-state index in [1.807, 2.05) is 6.92 Å². The smallest absolute Gasteiger partial charge is 0.254 e. The molecule has 1 fully saturated rings. The molecule has 2 rings (SSSR count).